The second kappa shape index (κ2) is 10.2. The lowest BCUT2D eigenvalue weighted by atomic mass is 9.70. The highest BCUT2D eigenvalue weighted by molar-refractivity contribution is 5.98. The molecule has 4 heteroatoms. The summed E-state index contributed by atoms with van der Waals surface area (Å²) in [5.41, 5.74) is 3.04. The number of ether oxygens (including phenoxy) is 2. The van der Waals surface area contributed by atoms with Crippen molar-refractivity contribution in [3.8, 4) is 5.75 Å². The Bertz CT molecular complexity index is 992. The van der Waals surface area contributed by atoms with Gasteiger partial charge in [-0.1, -0.05) is 76.2 Å². The fourth-order valence-electron chi connectivity index (χ4n) is 4.44. The molecule has 2 aromatic rings. The largest absolute Gasteiger partial charge is 0.463 e. The highest BCUT2D eigenvalue weighted by Crippen LogP contribution is 2.51. The highest BCUT2D eigenvalue weighted by Gasteiger charge is 2.52. The van der Waals surface area contributed by atoms with Gasteiger partial charge < -0.3 is 9.47 Å². The van der Waals surface area contributed by atoms with Gasteiger partial charge in [0.15, 0.2) is 0 Å². The number of benzene rings is 2. The van der Waals surface area contributed by atoms with Gasteiger partial charge in [-0.25, -0.2) is 4.79 Å². The molecule has 0 bridgehead atoms. The van der Waals surface area contributed by atoms with E-state index in [0.717, 1.165) is 42.4 Å². The molecule has 0 N–H and O–H groups in total. The van der Waals surface area contributed by atoms with Crippen LogP contribution in [0.5, 0.6) is 5.75 Å². The monoisotopic (exact) mass is 434 g/mol. The molecule has 0 fully saturated rings. The quantitative estimate of drug-likeness (QED) is 0.252. The van der Waals surface area contributed by atoms with Crippen molar-refractivity contribution in [2.24, 2.45) is 0 Å². The average Bonchev–Trinajstić information content (AvgIpc) is 3.09. The van der Waals surface area contributed by atoms with Crippen molar-refractivity contribution < 1.29 is 19.1 Å². The lowest BCUT2D eigenvalue weighted by Gasteiger charge is -2.28. The maximum atomic E-state index is 13.6. The van der Waals surface area contributed by atoms with Crippen molar-refractivity contribution in [3.63, 3.8) is 0 Å². The van der Waals surface area contributed by atoms with Gasteiger partial charge in [0.05, 0.1) is 6.61 Å². The third-order valence-corrected chi connectivity index (χ3v) is 6.45. The lowest BCUT2D eigenvalue weighted by molar-refractivity contribution is -0.139. The van der Waals surface area contributed by atoms with E-state index in [1.807, 2.05) is 30.3 Å². The predicted octanol–water partition coefficient (Wildman–Crippen LogP) is 6.26. The summed E-state index contributed by atoms with van der Waals surface area (Å²) in [5.74, 6) is 0.0535. The molecule has 0 aromatic heterocycles. The summed E-state index contributed by atoms with van der Waals surface area (Å²) in [4.78, 5) is 26.1. The molecule has 0 saturated heterocycles. The minimum absolute atomic E-state index is 0.124. The van der Waals surface area contributed by atoms with Crippen LogP contribution in [0, 0.1) is 0 Å². The van der Waals surface area contributed by atoms with Gasteiger partial charge in [0, 0.05) is 17.6 Å². The molecule has 2 aromatic carbocycles. The van der Waals surface area contributed by atoms with E-state index in [9.17, 15) is 9.59 Å². The van der Waals surface area contributed by atoms with Crippen LogP contribution in [-0.4, -0.2) is 18.5 Å². The number of esters is 2. The molecule has 1 aliphatic rings. The van der Waals surface area contributed by atoms with Crippen LogP contribution < -0.4 is 4.74 Å². The molecular formula is C28H34O4. The highest BCUT2D eigenvalue weighted by atomic mass is 16.5. The number of carbonyl (C=O) groups excluding carboxylic acids is 2. The molecule has 0 saturated carbocycles. The molecule has 3 rings (SSSR count). The standard InChI is InChI=1S/C28H34O4/c1-6-9-13-21-16-23(19(4)7-2)25-24(17-21)28(27(30)32-25,22-14-11-10-12-15-22)18-20(5)26(29)31-8-3/h10-12,14-17,19H,5-9,13,18H2,1-4H3. The number of hydrogen-bond donors (Lipinski definition) is 0. The first-order chi connectivity index (χ1) is 15.4. The van der Waals surface area contributed by atoms with Crippen molar-refractivity contribution in [2.75, 3.05) is 6.61 Å². The normalized spacial score (nSPS) is 18.1. The van der Waals surface area contributed by atoms with Crippen LogP contribution in [0.1, 0.15) is 81.5 Å². The summed E-state index contributed by atoms with van der Waals surface area (Å²) >= 11 is 0. The number of hydrogen-bond acceptors (Lipinski definition) is 4. The molecule has 170 valence electrons. The molecule has 0 radical (unpaired) electrons. The minimum Gasteiger partial charge on any atom is -0.463 e. The number of fused-ring (bicyclic) bond motifs is 1. The van der Waals surface area contributed by atoms with E-state index < -0.39 is 11.4 Å². The zero-order chi connectivity index (χ0) is 23.3. The van der Waals surface area contributed by atoms with E-state index in [0.29, 0.717) is 5.75 Å². The Balaban J connectivity index is 2.24. The van der Waals surface area contributed by atoms with Crippen molar-refractivity contribution in [1.29, 1.82) is 0 Å². The van der Waals surface area contributed by atoms with Crippen LogP contribution in [0.4, 0.5) is 0 Å². The van der Waals surface area contributed by atoms with Gasteiger partial charge in [-0.3, -0.25) is 4.79 Å². The van der Waals surface area contributed by atoms with E-state index in [-0.39, 0.29) is 30.5 Å². The molecule has 4 nitrogen and oxygen atoms in total. The van der Waals surface area contributed by atoms with Crippen LogP contribution in [0.2, 0.25) is 0 Å². The van der Waals surface area contributed by atoms with Crippen molar-refractivity contribution in [2.45, 2.75) is 71.1 Å². The van der Waals surface area contributed by atoms with Gasteiger partial charge in [0.2, 0.25) is 0 Å². The summed E-state index contributed by atoms with van der Waals surface area (Å²) in [5, 5.41) is 0. The third kappa shape index (κ3) is 4.36. The third-order valence-electron chi connectivity index (χ3n) is 6.45. The summed E-state index contributed by atoms with van der Waals surface area (Å²) in [7, 11) is 0. The van der Waals surface area contributed by atoms with Crippen molar-refractivity contribution in [3.05, 3.63) is 76.9 Å². The average molecular weight is 435 g/mol. The lowest BCUT2D eigenvalue weighted by Crippen LogP contribution is -2.36. The number of aryl methyl sites for hydroxylation is 1. The summed E-state index contributed by atoms with van der Waals surface area (Å²) in [6.07, 6.45) is 4.16. The molecule has 2 unspecified atom stereocenters. The van der Waals surface area contributed by atoms with Crippen LogP contribution in [0.25, 0.3) is 0 Å². The molecule has 0 amide bonds. The second-order valence-corrected chi connectivity index (χ2v) is 8.64. The summed E-state index contributed by atoms with van der Waals surface area (Å²) < 4.78 is 11.2. The maximum Gasteiger partial charge on any atom is 0.333 e. The Morgan fingerprint density at radius 2 is 1.88 bits per heavy atom. The summed E-state index contributed by atoms with van der Waals surface area (Å²) in [6.45, 7) is 12.5. The Labute approximate surface area is 191 Å². The summed E-state index contributed by atoms with van der Waals surface area (Å²) in [6, 6.07) is 13.9. The van der Waals surface area contributed by atoms with Gasteiger partial charge >= 0.3 is 11.9 Å². The van der Waals surface area contributed by atoms with Gasteiger partial charge in [-0.15, -0.1) is 0 Å². The van der Waals surface area contributed by atoms with Crippen molar-refractivity contribution >= 4 is 11.9 Å². The number of unbranched alkanes of at least 4 members (excludes halogenated alkanes) is 1. The van der Waals surface area contributed by atoms with Crippen LogP contribution >= 0.6 is 0 Å². The van der Waals surface area contributed by atoms with Gasteiger partial charge in [0.25, 0.3) is 0 Å². The van der Waals surface area contributed by atoms with Crippen LogP contribution in [-0.2, 0) is 26.2 Å². The SMILES string of the molecule is C=C(CC1(c2ccccc2)C(=O)Oc2c(C(C)CC)cc(CCCC)cc21)C(=O)OCC. The first-order valence-corrected chi connectivity index (χ1v) is 11.7. The zero-order valence-corrected chi connectivity index (χ0v) is 19.7. The Morgan fingerprint density at radius 3 is 2.50 bits per heavy atom. The predicted molar refractivity (Wildman–Crippen MR) is 127 cm³/mol. The zero-order valence-electron chi connectivity index (χ0n) is 19.7. The Morgan fingerprint density at radius 1 is 1.16 bits per heavy atom. The van der Waals surface area contributed by atoms with Crippen LogP contribution in [0.15, 0.2) is 54.6 Å². The minimum atomic E-state index is -1.12. The molecular weight excluding hydrogens is 400 g/mol. The molecule has 0 spiro atoms. The first-order valence-electron chi connectivity index (χ1n) is 11.7. The van der Waals surface area contributed by atoms with Gasteiger partial charge in [0.1, 0.15) is 11.2 Å². The van der Waals surface area contributed by atoms with E-state index in [4.69, 9.17) is 9.47 Å². The fourth-order valence-corrected chi connectivity index (χ4v) is 4.44. The topological polar surface area (TPSA) is 52.6 Å². The molecule has 32 heavy (non-hydrogen) atoms. The maximum absolute atomic E-state index is 13.6. The number of carbonyl (C=O) groups is 2. The fraction of sp³-hybridized carbons (Fsp3) is 0.429. The smallest absolute Gasteiger partial charge is 0.333 e. The van der Waals surface area contributed by atoms with E-state index in [2.05, 4.69) is 39.5 Å². The Hall–Kier alpha value is -2.88. The molecule has 1 aliphatic heterocycles. The molecule has 2 atom stereocenters. The Kier molecular flexibility index (Phi) is 7.55. The molecule has 0 aliphatic carbocycles. The van der Waals surface area contributed by atoms with E-state index in [1.165, 1.54) is 5.56 Å². The van der Waals surface area contributed by atoms with E-state index in [1.54, 1.807) is 6.92 Å². The molecule has 1 heterocycles. The van der Waals surface area contributed by atoms with E-state index >= 15 is 0 Å². The second-order valence-electron chi connectivity index (χ2n) is 8.64. The van der Waals surface area contributed by atoms with Crippen molar-refractivity contribution in [1.82, 2.24) is 0 Å². The van der Waals surface area contributed by atoms with Crippen LogP contribution in [0.3, 0.4) is 0 Å². The van der Waals surface area contributed by atoms with Gasteiger partial charge in [-0.05, 0) is 48.8 Å². The number of rotatable bonds is 10. The first kappa shape index (κ1) is 23.8. The van der Waals surface area contributed by atoms with Gasteiger partial charge in [-0.2, -0.15) is 0 Å².